The average molecular weight is 2130 g/mol. The number of aliphatic hydroxyl groups is 2. The van der Waals surface area contributed by atoms with Crippen LogP contribution in [0.1, 0.15) is 219 Å². The van der Waals surface area contributed by atoms with E-state index in [-0.39, 0.29) is 59.1 Å². The first-order chi connectivity index (χ1) is 71.8. The van der Waals surface area contributed by atoms with Crippen LogP contribution in [-0.4, -0.2) is 194 Å². The van der Waals surface area contributed by atoms with Gasteiger partial charge in [-0.25, -0.2) is 29.7 Å². The molecule has 9 aromatic carbocycles. The quantitative estimate of drug-likeness (QED) is 0.00354. The maximum Gasteiger partial charge on any atom is 0.348 e. The number of amides is 4. The van der Waals surface area contributed by atoms with Crippen LogP contribution in [0, 0.1) is 70.1 Å². The fourth-order valence-corrected chi connectivity index (χ4v) is 19.3. The lowest BCUT2D eigenvalue weighted by molar-refractivity contribution is -0.166. The highest BCUT2D eigenvalue weighted by Crippen LogP contribution is 2.42. The van der Waals surface area contributed by atoms with Crippen LogP contribution in [0.5, 0.6) is 40.2 Å². The Labute approximate surface area is 892 Å². The van der Waals surface area contributed by atoms with Crippen LogP contribution >= 0.6 is 46.0 Å². The van der Waals surface area contributed by atoms with Crippen molar-refractivity contribution in [1.82, 2.24) is 64.0 Å². The molecule has 2 atom stereocenters. The summed E-state index contributed by atoms with van der Waals surface area (Å²) in [6.07, 6.45) is 24.5. The van der Waals surface area contributed by atoms with Crippen molar-refractivity contribution in [3.05, 3.63) is 253 Å². The van der Waals surface area contributed by atoms with Gasteiger partial charge in [0.15, 0.2) is 16.2 Å². The molecule has 2 saturated heterocycles. The van der Waals surface area contributed by atoms with Gasteiger partial charge in [-0.3, -0.25) is 24.8 Å². The van der Waals surface area contributed by atoms with Crippen molar-refractivity contribution in [1.29, 1.82) is 10.5 Å². The summed E-state index contributed by atoms with van der Waals surface area (Å²) in [5, 5.41) is 127. The second kappa shape index (κ2) is 57.4. The number of phenolic OH excluding ortho intramolecular Hbond substituents is 6. The Morgan fingerprint density at radius 1 is 0.620 bits per heavy atom. The number of likely N-dealkylation sites (tertiary alicyclic amines) is 1. The molecule has 18 rings (SSSR count). The molecule has 800 valence electrons. The summed E-state index contributed by atoms with van der Waals surface area (Å²) in [5.74, 6) is 0.284. The number of aromatic nitrogens is 8. The normalized spacial score (nSPS) is 13.8. The highest BCUT2D eigenvalue weighted by Gasteiger charge is 2.44. The van der Waals surface area contributed by atoms with Crippen LogP contribution in [0.15, 0.2) is 202 Å². The maximum absolute atomic E-state index is 12.1. The van der Waals surface area contributed by atoms with E-state index < -0.39 is 29.4 Å². The summed E-state index contributed by atoms with van der Waals surface area (Å²) in [4.78, 5) is 71.6. The molecule has 0 spiro atoms. The highest BCUT2D eigenvalue weighted by atomic mass is 35.5. The topological polar surface area (TPSA) is 453 Å². The van der Waals surface area contributed by atoms with Crippen LogP contribution < -0.4 is 25.8 Å². The lowest BCUT2D eigenvalue weighted by Gasteiger charge is -2.30. The van der Waals surface area contributed by atoms with Crippen molar-refractivity contribution in [3.8, 4) is 63.8 Å². The van der Waals surface area contributed by atoms with Crippen LogP contribution in [0.25, 0.3) is 49.7 Å². The Hall–Kier alpha value is -14.4. The zero-order valence-corrected chi connectivity index (χ0v) is 91.0. The number of aliphatic hydroxyl groups excluding tert-OH is 1. The van der Waals surface area contributed by atoms with E-state index in [9.17, 15) is 65.0 Å². The molecule has 2 fully saturated rings. The zero-order chi connectivity index (χ0) is 109. The Kier molecular flexibility index (Phi) is 45.0. The summed E-state index contributed by atoms with van der Waals surface area (Å²) < 4.78 is 20.4. The number of hydrogen-bond acceptors (Lipinski definition) is 26. The number of para-hydroxylation sites is 4. The Balaban J connectivity index is 0.000000176. The summed E-state index contributed by atoms with van der Waals surface area (Å²) in [6.45, 7) is 27.4. The molecule has 3 aliphatic rings. The number of likely N-dealkylation sites (N-methyl/N-ethyl adjacent to an activating group) is 1. The maximum atomic E-state index is 12.1. The first-order valence-corrected chi connectivity index (χ1v) is 53.6. The third kappa shape index (κ3) is 34.1. The van der Waals surface area contributed by atoms with E-state index >= 15 is 0 Å². The molecule has 2 aliphatic heterocycles. The van der Waals surface area contributed by atoms with Crippen molar-refractivity contribution in [2.75, 3.05) is 58.5 Å². The lowest BCUT2D eigenvalue weighted by Crippen LogP contribution is -2.35. The van der Waals surface area contributed by atoms with Crippen molar-refractivity contribution in [2.45, 2.75) is 239 Å². The molecule has 13 N–H and O–H groups in total. The smallest absolute Gasteiger partial charge is 0.348 e. The number of piperidine rings is 1. The Bertz CT molecular complexity index is 7000. The van der Waals surface area contributed by atoms with Gasteiger partial charge in [0.25, 0.3) is 5.91 Å². The van der Waals surface area contributed by atoms with E-state index in [1.807, 2.05) is 195 Å². The predicted molar refractivity (Wildman–Crippen MR) is 589 cm³/mol. The van der Waals surface area contributed by atoms with Gasteiger partial charge in [-0.1, -0.05) is 224 Å². The minimum absolute atomic E-state index is 0.0421. The highest BCUT2D eigenvalue weighted by molar-refractivity contribution is 8.01. The second-order valence-corrected chi connectivity index (χ2v) is 41.4. The molecule has 8 heterocycles. The molecular weight excluding hydrogens is 1980 g/mol. The molecule has 33 nitrogen and oxygen atoms in total. The number of nitrogens with one attached hydrogen (secondary N) is 3. The molecule has 37 heteroatoms. The Morgan fingerprint density at radius 3 is 1.71 bits per heavy atom. The minimum Gasteiger partial charge on any atom is -0.508 e. The van der Waals surface area contributed by atoms with E-state index in [1.165, 1.54) is 174 Å². The molecule has 0 bridgehead atoms. The lowest BCUT2D eigenvalue weighted by atomic mass is 10.0. The molecule has 15 aromatic rings. The fraction of sp³-hybridized carbons (Fsp3) is 0.389. The number of urea groups is 1. The molecule has 1 aliphatic carbocycles. The van der Waals surface area contributed by atoms with Gasteiger partial charge >= 0.3 is 12.0 Å². The van der Waals surface area contributed by atoms with Gasteiger partial charge in [-0.05, 0) is 242 Å². The first-order valence-electron chi connectivity index (χ1n) is 50.7. The number of unbranched alkanes of at least 4 members (excludes halogenated alkanes) is 13. The molecule has 2 unspecified atom stereocenters. The summed E-state index contributed by atoms with van der Waals surface area (Å²) in [5.41, 5.74) is 14.9. The van der Waals surface area contributed by atoms with Gasteiger partial charge in [-0.15, -0.1) is 39.5 Å². The first kappa shape index (κ1) is 118. The number of aromatic hydroxyl groups is 6. The van der Waals surface area contributed by atoms with Crippen LogP contribution in [0.3, 0.4) is 0 Å². The van der Waals surface area contributed by atoms with E-state index in [2.05, 4.69) is 58.8 Å². The summed E-state index contributed by atoms with van der Waals surface area (Å²) in [7, 11) is 2.79. The van der Waals surface area contributed by atoms with Crippen LogP contribution in [0.4, 0.5) is 9.93 Å². The van der Waals surface area contributed by atoms with E-state index in [0.717, 1.165) is 151 Å². The summed E-state index contributed by atoms with van der Waals surface area (Å²) >= 11 is 10.1. The molecule has 0 radical (unpaired) electrons. The number of anilines is 1. The molecule has 4 amide bonds. The number of carbonyl (C=O) groups excluding carboxylic acids is 5. The average Bonchev–Trinajstić information content (AvgIpc) is 1.51. The minimum atomic E-state index is -1.41. The van der Waals surface area contributed by atoms with E-state index in [1.54, 1.807) is 50.4 Å². The predicted octanol–water partition coefficient (Wildman–Crippen LogP) is 23.0. The zero-order valence-electron chi connectivity index (χ0n) is 87.8. The van der Waals surface area contributed by atoms with E-state index in [0.29, 0.717) is 73.9 Å². The number of phenols is 6. The number of ether oxygens (including phenoxy) is 2. The van der Waals surface area contributed by atoms with E-state index in [4.69, 9.17) is 41.9 Å². The number of carbonyl (C=O) groups is 5. The number of halogens is 1. The number of hydroxylamine groups is 3. The third-order valence-electron chi connectivity index (χ3n) is 24.5. The standard InChI is InChI=1S/C27H41NO2.C15H18N2O3S2.C14H12ClN3O.C14H13N3O.C11H12N2O3.C11H17NO3.C10H14O2.C8H8N2OS.C3H6N2O/c1-3-4-5-6-7-8-9-10-11-12-13-14-15-16-21-30-27(29)26(23-28)22-25-19-17-24(2)18-20-25;1-3-4-16-14(20)6-10-8-21-15(17-10)22-13-7-11(18)9(2)5-12(13)19;1-8-5-9(2)14(19)13(6-8)18-16-11-4-3-10(15)7-12(11)17(16)18;1-9-7-10(2)14(18)13(8-9)17-15-11-5-3-4-6-12(11)16(15)17;1-8(11(14)13(2)15)16-10-6-4-3-5-9(10)7-12;1-11(15)7-8(9(13)10(11)14)12-5-3-2-4-6-12;1-7(2)5-8-6-9(11)3-4-10(8)12;1-10(11)8-9-6-4-2-3-5-7(6)12-8;6-3-4-1-2-5-3/h17-20,22H,3-16,21H2,1-2H3;5,7-8,18-19H,3-4,6H2,1-2H3,(H,16,20);3-7,19H,1-2H3;3-8,18H,1-2H3;3-6,8,15H,1-2H3;13,15H,2-7H2,1H3;3-4,6-7,11-12H,5H2,1-2H3;2-5,11H,1H3;1-2H2,(H2,4,5,6). The fourth-order valence-electron chi connectivity index (χ4n) is 16.5. The number of nitrogens with zero attached hydrogens (tertiary/aromatic N) is 13. The van der Waals surface area contributed by atoms with Gasteiger partial charge < -0.3 is 71.2 Å². The van der Waals surface area contributed by atoms with Gasteiger partial charge in [0.2, 0.25) is 16.8 Å². The number of esters is 1. The van der Waals surface area contributed by atoms with Gasteiger partial charge in [0.1, 0.15) is 97.0 Å². The number of rotatable bonds is 32. The second-order valence-electron chi connectivity index (χ2n) is 37.8. The Morgan fingerprint density at radius 2 is 1.18 bits per heavy atom. The molecule has 0 saturated carbocycles. The number of aryl methyl sites for hydroxylation is 6. The number of benzene rings is 9. The number of nitriles is 2. The van der Waals surface area contributed by atoms with Gasteiger partial charge in [-0.2, -0.15) is 10.5 Å². The van der Waals surface area contributed by atoms with Crippen LogP contribution in [0.2, 0.25) is 5.02 Å². The number of hydrogen-bond donors (Lipinski definition) is 13. The van der Waals surface area contributed by atoms with Crippen LogP contribution in [-0.2, 0) is 36.8 Å². The number of Topliss-reactive ketones (excluding diaryl/α,β-unsaturated/α-hetero) is 1. The number of fused-ring (bicyclic) bond motifs is 9. The van der Waals surface area contributed by atoms with Crippen molar-refractivity contribution in [3.63, 3.8) is 0 Å². The third-order valence-corrected chi connectivity index (χ3v) is 27.9. The van der Waals surface area contributed by atoms with Gasteiger partial charge in [0.05, 0.1) is 45.1 Å². The monoisotopic (exact) mass is 2120 g/mol. The summed E-state index contributed by atoms with van der Waals surface area (Å²) in [6, 6.07) is 55.5. The molecule has 150 heavy (non-hydrogen) atoms. The SMILES string of the molecule is CC(C)Cc1cc(O)ccc1O.CC(Oc1ccccc1C#N)C(=O)N(C)O.CC1(O)CC(N2CCCCC2)=C(O)C1=O.CCCCCCCCCCCCCCCCOC(=O)C(C#N)=Cc1ccc(C)cc1.CCCNC(=O)Cc1csc(Sc2cc(O)c(C)cc2O)n1.CN(O)c1nc2ccccc2s1.Cc1cc(C)c(O)c(-n2n3c4ccc(Cl)cc4n23)c1.Cc1cc(C)c(O)c(-n2n3c4ccccc4n23)c1.O=C1NCCN1. The van der Waals surface area contributed by atoms with Gasteiger partial charge in [0, 0.05) is 63.6 Å². The van der Waals surface area contributed by atoms with Crippen molar-refractivity contribution in [2.24, 2.45) is 5.92 Å². The number of thiazole rings is 2. The number of ketones is 1. The molecule has 6 aromatic heterocycles. The largest absolute Gasteiger partial charge is 0.508 e. The van der Waals surface area contributed by atoms with Crippen molar-refractivity contribution >= 4 is 119 Å². The van der Waals surface area contributed by atoms with Crippen molar-refractivity contribution < 1.29 is 84.7 Å². The molecular formula is C113H141ClN16O17S3.